The van der Waals surface area contributed by atoms with Gasteiger partial charge in [0, 0.05) is 26.2 Å². The summed E-state index contributed by atoms with van der Waals surface area (Å²) in [6.07, 6.45) is -2.89. The topological polar surface area (TPSA) is 48.5 Å². The quantitative estimate of drug-likeness (QED) is 0.858. The second-order valence-electron chi connectivity index (χ2n) is 6.62. The van der Waals surface area contributed by atoms with Gasteiger partial charge < -0.3 is 15.1 Å². The fourth-order valence-electron chi connectivity index (χ4n) is 2.85. The highest BCUT2D eigenvalue weighted by molar-refractivity contribution is 7.17. The molecule has 3 rings (SSSR count). The van der Waals surface area contributed by atoms with E-state index in [9.17, 15) is 18.0 Å². The van der Waals surface area contributed by atoms with E-state index in [0.29, 0.717) is 10.4 Å². The van der Waals surface area contributed by atoms with Gasteiger partial charge in [0.15, 0.2) is 5.13 Å². The van der Waals surface area contributed by atoms with Crippen molar-refractivity contribution in [3.8, 4) is 0 Å². The lowest BCUT2D eigenvalue weighted by atomic mass is 10.0. The molecule has 2 heterocycles. The number of piperazine rings is 1. The molecule has 1 atom stereocenters. The first-order chi connectivity index (χ1) is 12.7. The number of amides is 1. The Morgan fingerprint density at radius 3 is 2.63 bits per heavy atom. The summed E-state index contributed by atoms with van der Waals surface area (Å²) in [5.41, 5.74) is -0.321. The number of carbonyl (C=O) groups is 1. The number of alkyl halides is 3. The Bertz CT molecular complexity index is 800. The van der Waals surface area contributed by atoms with Gasteiger partial charge in [0.2, 0.25) is 0 Å². The normalized spacial score (nSPS) is 17.0. The standard InChI is InChI=1S/C18H21F3N4OS/c1-12(13-4-3-5-14(10-13)18(19,20)21)23-16(26)15-11-22-17(27-15)25-8-6-24(2)7-9-25/h3-5,10-12H,6-9H2,1-2H3,(H,23,26)/t12-/m1/s1. The predicted octanol–water partition coefficient (Wildman–Crippen LogP) is 3.40. The molecule has 1 aromatic carbocycles. The average molecular weight is 398 g/mol. The molecule has 146 valence electrons. The molecule has 1 aliphatic rings. The number of hydrogen-bond acceptors (Lipinski definition) is 5. The van der Waals surface area contributed by atoms with E-state index < -0.39 is 17.8 Å². The molecule has 2 aromatic rings. The van der Waals surface area contributed by atoms with Crippen LogP contribution in [0.3, 0.4) is 0 Å². The molecule has 0 bridgehead atoms. The number of hydrogen-bond donors (Lipinski definition) is 1. The zero-order valence-electron chi connectivity index (χ0n) is 15.1. The van der Waals surface area contributed by atoms with Crippen LogP contribution in [0.1, 0.15) is 33.8 Å². The first-order valence-electron chi connectivity index (χ1n) is 8.61. The van der Waals surface area contributed by atoms with E-state index in [0.717, 1.165) is 43.4 Å². The van der Waals surface area contributed by atoms with Crippen LogP contribution in [0, 0.1) is 0 Å². The Kier molecular flexibility index (Phi) is 5.71. The van der Waals surface area contributed by atoms with Gasteiger partial charge in [-0.15, -0.1) is 0 Å². The van der Waals surface area contributed by atoms with Crippen molar-refractivity contribution < 1.29 is 18.0 Å². The first-order valence-corrected chi connectivity index (χ1v) is 9.43. The van der Waals surface area contributed by atoms with Crippen molar-refractivity contribution in [2.24, 2.45) is 0 Å². The molecule has 0 radical (unpaired) electrons. The summed E-state index contributed by atoms with van der Waals surface area (Å²) < 4.78 is 38.6. The molecular weight excluding hydrogens is 377 g/mol. The van der Waals surface area contributed by atoms with Crippen LogP contribution in [0.5, 0.6) is 0 Å². The third kappa shape index (κ3) is 4.78. The van der Waals surface area contributed by atoms with Gasteiger partial charge in [-0.1, -0.05) is 23.5 Å². The van der Waals surface area contributed by atoms with E-state index in [4.69, 9.17) is 0 Å². The molecule has 1 aromatic heterocycles. The Balaban J connectivity index is 1.65. The largest absolute Gasteiger partial charge is 0.416 e. The highest BCUT2D eigenvalue weighted by Crippen LogP contribution is 2.31. The number of halogens is 3. The van der Waals surface area contributed by atoms with Crippen LogP contribution in [0.2, 0.25) is 0 Å². The Hall–Kier alpha value is -2.13. The molecule has 0 saturated carbocycles. The molecule has 0 unspecified atom stereocenters. The molecule has 9 heteroatoms. The molecule has 0 aliphatic carbocycles. The van der Waals surface area contributed by atoms with Gasteiger partial charge in [-0.3, -0.25) is 4.79 Å². The third-order valence-electron chi connectivity index (χ3n) is 4.55. The van der Waals surface area contributed by atoms with Gasteiger partial charge >= 0.3 is 6.18 Å². The molecule has 0 spiro atoms. The second kappa shape index (κ2) is 7.85. The maximum atomic E-state index is 12.9. The summed E-state index contributed by atoms with van der Waals surface area (Å²) in [6.45, 7) is 5.24. The highest BCUT2D eigenvalue weighted by atomic mass is 32.1. The minimum Gasteiger partial charge on any atom is -0.346 e. The Morgan fingerprint density at radius 1 is 1.26 bits per heavy atom. The Morgan fingerprint density at radius 2 is 1.96 bits per heavy atom. The van der Waals surface area contributed by atoms with Gasteiger partial charge in [0.1, 0.15) is 4.88 Å². The van der Waals surface area contributed by atoms with Crippen molar-refractivity contribution in [1.29, 1.82) is 0 Å². The number of rotatable bonds is 4. The number of nitrogens with zero attached hydrogens (tertiary/aromatic N) is 3. The van der Waals surface area contributed by atoms with Crippen molar-refractivity contribution in [2.75, 3.05) is 38.1 Å². The van der Waals surface area contributed by atoms with Crippen molar-refractivity contribution >= 4 is 22.4 Å². The molecule has 1 N–H and O–H groups in total. The van der Waals surface area contributed by atoms with Crippen LogP contribution >= 0.6 is 11.3 Å². The minimum atomic E-state index is -4.41. The zero-order valence-corrected chi connectivity index (χ0v) is 15.9. The summed E-state index contributed by atoms with van der Waals surface area (Å²) in [6, 6.07) is 4.45. The van der Waals surface area contributed by atoms with Crippen molar-refractivity contribution in [1.82, 2.24) is 15.2 Å². The predicted molar refractivity (Wildman–Crippen MR) is 99.1 cm³/mol. The fraction of sp³-hybridized carbons (Fsp3) is 0.444. The molecule has 5 nitrogen and oxygen atoms in total. The monoisotopic (exact) mass is 398 g/mol. The van der Waals surface area contributed by atoms with Gasteiger partial charge in [0.05, 0.1) is 17.8 Å². The van der Waals surface area contributed by atoms with Crippen LogP contribution in [0.4, 0.5) is 18.3 Å². The smallest absolute Gasteiger partial charge is 0.346 e. The number of benzene rings is 1. The van der Waals surface area contributed by atoms with Crippen LogP contribution in [-0.4, -0.2) is 49.0 Å². The average Bonchev–Trinajstić information content (AvgIpc) is 3.12. The lowest BCUT2D eigenvalue weighted by molar-refractivity contribution is -0.137. The van der Waals surface area contributed by atoms with Crippen molar-refractivity contribution in [3.63, 3.8) is 0 Å². The van der Waals surface area contributed by atoms with Crippen molar-refractivity contribution in [3.05, 3.63) is 46.5 Å². The lowest BCUT2D eigenvalue weighted by Crippen LogP contribution is -2.44. The summed E-state index contributed by atoms with van der Waals surface area (Å²) >= 11 is 1.30. The zero-order chi connectivity index (χ0) is 19.6. The van der Waals surface area contributed by atoms with Crippen LogP contribution in [0.15, 0.2) is 30.5 Å². The van der Waals surface area contributed by atoms with E-state index >= 15 is 0 Å². The first kappa shape index (κ1) is 19.6. The van der Waals surface area contributed by atoms with Crippen LogP contribution < -0.4 is 10.2 Å². The number of aromatic nitrogens is 1. The maximum absolute atomic E-state index is 12.9. The van der Waals surface area contributed by atoms with Crippen LogP contribution in [0.25, 0.3) is 0 Å². The van der Waals surface area contributed by atoms with E-state index in [1.54, 1.807) is 13.0 Å². The summed E-state index contributed by atoms with van der Waals surface area (Å²) in [5, 5.41) is 3.54. The molecular formula is C18H21F3N4OS. The van der Waals surface area contributed by atoms with Gasteiger partial charge in [0.25, 0.3) is 5.91 Å². The van der Waals surface area contributed by atoms with E-state index in [1.165, 1.54) is 23.6 Å². The lowest BCUT2D eigenvalue weighted by Gasteiger charge is -2.32. The van der Waals surface area contributed by atoms with Crippen molar-refractivity contribution in [2.45, 2.75) is 19.1 Å². The van der Waals surface area contributed by atoms with E-state index in [1.807, 2.05) is 0 Å². The molecule has 27 heavy (non-hydrogen) atoms. The van der Waals surface area contributed by atoms with Gasteiger partial charge in [-0.05, 0) is 31.7 Å². The second-order valence-corrected chi connectivity index (χ2v) is 7.62. The van der Waals surface area contributed by atoms with Crippen LogP contribution in [-0.2, 0) is 6.18 Å². The number of thiazole rings is 1. The molecule has 1 fully saturated rings. The summed E-state index contributed by atoms with van der Waals surface area (Å²) in [7, 11) is 2.06. The maximum Gasteiger partial charge on any atom is 0.416 e. The summed E-state index contributed by atoms with van der Waals surface area (Å²) in [4.78, 5) is 21.6. The number of likely N-dealkylation sites (N-methyl/N-ethyl adjacent to an activating group) is 1. The van der Waals surface area contributed by atoms with Gasteiger partial charge in [-0.25, -0.2) is 4.98 Å². The minimum absolute atomic E-state index is 0.335. The fourth-order valence-corrected chi connectivity index (χ4v) is 3.72. The Labute approximate surface area is 159 Å². The van der Waals surface area contributed by atoms with E-state index in [2.05, 4.69) is 27.1 Å². The highest BCUT2D eigenvalue weighted by Gasteiger charge is 2.31. The molecule has 1 aliphatic heterocycles. The van der Waals surface area contributed by atoms with E-state index in [-0.39, 0.29) is 5.91 Å². The summed E-state index contributed by atoms with van der Waals surface area (Å²) in [5.74, 6) is -0.335. The number of nitrogens with one attached hydrogen (secondary N) is 1. The van der Waals surface area contributed by atoms with Gasteiger partial charge in [-0.2, -0.15) is 13.2 Å². The molecule has 1 amide bonds. The SMILES string of the molecule is C[C@@H](NC(=O)c1cnc(N2CCN(C)CC2)s1)c1cccc(C(F)(F)F)c1. The third-order valence-corrected chi connectivity index (χ3v) is 5.61. The number of anilines is 1. The number of carbonyl (C=O) groups excluding carboxylic acids is 1. The molecule has 1 saturated heterocycles.